The predicted molar refractivity (Wildman–Crippen MR) is 91.1 cm³/mol. The average molecular weight is 351 g/mol. The second kappa shape index (κ2) is 6.98. The molecule has 0 radical (unpaired) electrons. The van der Waals surface area contributed by atoms with Gasteiger partial charge in [0, 0.05) is 19.8 Å². The van der Waals surface area contributed by atoms with Crippen LogP contribution in [-0.2, 0) is 10.0 Å². The first-order valence-corrected chi connectivity index (χ1v) is 8.51. The third-order valence-electron chi connectivity index (χ3n) is 3.36. The summed E-state index contributed by atoms with van der Waals surface area (Å²) in [5.41, 5.74) is 1.04. The largest absolute Gasteiger partial charge is 0.323 e. The van der Waals surface area contributed by atoms with Crippen LogP contribution in [0.5, 0.6) is 0 Å². The predicted octanol–water partition coefficient (Wildman–Crippen LogP) is 3.03. The maximum atomic E-state index is 13.5. The fourth-order valence-electron chi connectivity index (χ4n) is 1.95. The van der Waals surface area contributed by atoms with Gasteiger partial charge in [0.2, 0.25) is 10.0 Å². The van der Waals surface area contributed by atoms with Gasteiger partial charge >= 0.3 is 6.03 Å². The Morgan fingerprint density at radius 2 is 1.67 bits per heavy atom. The molecule has 0 aliphatic heterocycles. The Labute approximate surface area is 140 Å². The minimum atomic E-state index is -3.62. The van der Waals surface area contributed by atoms with E-state index < -0.39 is 21.9 Å². The Hall–Kier alpha value is -2.45. The molecule has 0 fully saturated rings. The third kappa shape index (κ3) is 3.90. The van der Waals surface area contributed by atoms with Gasteiger partial charge in [-0.25, -0.2) is 21.9 Å². The van der Waals surface area contributed by atoms with Gasteiger partial charge in [-0.1, -0.05) is 18.2 Å². The second-order valence-corrected chi connectivity index (χ2v) is 7.47. The normalized spacial score (nSPS) is 11.4. The first-order chi connectivity index (χ1) is 11.2. The number of carbonyl (C=O) groups excluding carboxylic acids is 1. The van der Waals surface area contributed by atoms with Crippen molar-refractivity contribution in [2.75, 3.05) is 24.7 Å². The van der Waals surface area contributed by atoms with Crippen LogP contribution >= 0.6 is 0 Å². The van der Waals surface area contributed by atoms with Crippen LogP contribution in [0.2, 0.25) is 0 Å². The molecule has 0 aliphatic carbocycles. The lowest BCUT2D eigenvalue weighted by Crippen LogP contribution is -2.23. The highest BCUT2D eigenvalue weighted by Crippen LogP contribution is 2.22. The molecule has 0 heterocycles. The van der Waals surface area contributed by atoms with Gasteiger partial charge in [0.15, 0.2) is 0 Å². The number of para-hydroxylation sites is 1. The molecule has 2 amide bonds. The van der Waals surface area contributed by atoms with Crippen molar-refractivity contribution in [3.63, 3.8) is 0 Å². The molecule has 0 aliphatic rings. The molecule has 24 heavy (non-hydrogen) atoms. The van der Waals surface area contributed by atoms with Crippen molar-refractivity contribution in [2.24, 2.45) is 0 Å². The van der Waals surface area contributed by atoms with Gasteiger partial charge in [0.05, 0.1) is 10.6 Å². The van der Waals surface area contributed by atoms with Gasteiger partial charge in [-0.2, -0.15) is 0 Å². The number of urea groups is 1. The van der Waals surface area contributed by atoms with Gasteiger partial charge < -0.3 is 10.6 Å². The van der Waals surface area contributed by atoms with Crippen LogP contribution in [0.1, 0.15) is 5.56 Å². The lowest BCUT2D eigenvalue weighted by molar-refractivity contribution is 0.262. The molecule has 2 rings (SSSR count). The molecular formula is C16H18FN3O3S. The number of hydrogen-bond donors (Lipinski definition) is 2. The molecule has 8 heteroatoms. The topological polar surface area (TPSA) is 78.5 Å². The molecule has 0 unspecified atom stereocenters. The molecule has 0 saturated heterocycles. The number of nitrogens with zero attached hydrogens (tertiary/aromatic N) is 1. The monoisotopic (exact) mass is 351 g/mol. The number of hydrogen-bond acceptors (Lipinski definition) is 3. The summed E-state index contributed by atoms with van der Waals surface area (Å²) in [6.45, 7) is 1.73. The zero-order valence-electron chi connectivity index (χ0n) is 13.5. The first kappa shape index (κ1) is 17.9. The number of benzene rings is 2. The zero-order chi connectivity index (χ0) is 17.9. The molecule has 0 atom stereocenters. The summed E-state index contributed by atoms with van der Waals surface area (Å²) in [6.07, 6.45) is 0. The smallest absolute Gasteiger partial charge is 0.307 e. The summed E-state index contributed by atoms with van der Waals surface area (Å²) in [6, 6.07) is 9.51. The summed E-state index contributed by atoms with van der Waals surface area (Å²) >= 11 is 0. The van der Waals surface area contributed by atoms with Gasteiger partial charge in [-0.15, -0.1) is 0 Å². The maximum absolute atomic E-state index is 13.5. The molecule has 0 aromatic heterocycles. The van der Waals surface area contributed by atoms with Crippen molar-refractivity contribution >= 4 is 27.4 Å². The highest BCUT2D eigenvalue weighted by molar-refractivity contribution is 7.89. The lowest BCUT2D eigenvalue weighted by atomic mass is 10.2. The minimum Gasteiger partial charge on any atom is -0.307 e. The van der Waals surface area contributed by atoms with Gasteiger partial charge in [0.1, 0.15) is 5.82 Å². The van der Waals surface area contributed by atoms with E-state index in [1.165, 1.54) is 44.4 Å². The minimum absolute atomic E-state index is 0.0321. The van der Waals surface area contributed by atoms with E-state index in [1.54, 1.807) is 19.1 Å². The van der Waals surface area contributed by atoms with Crippen LogP contribution in [0.3, 0.4) is 0 Å². The lowest BCUT2D eigenvalue weighted by Gasteiger charge is -2.15. The summed E-state index contributed by atoms with van der Waals surface area (Å²) in [5, 5.41) is 4.92. The molecule has 2 aromatic carbocycles. The van der Waals surface area contributed by atoms with Crippen LogP contribution in [0, 0.1) is 12.7 Å². The SMILES string of the molecule is Cc1ccc(S(=O)(=O)N(C)C)cc1NC(=O)Nc1ccccc1F. The summed E-state index contributed by atoms with van der Waals surface area (Å²) < 4.78 is 39.0. The molecule has 128 valence electrons. The molecule has 2 aromatic rings. The van der Waals surface area contributed by atoms with Gasteiger partial charge in [-0.05, 0) is 36.8 Å². The van der Waals surface area contributed by atoms with Crippen molar-refractivity contribution in [3.8, 4) is 0 Å². The fraction of sp³-hybridized carbons (Fsp3) is 0.188. The van der Waals surface area contributed by atoms with E-state index in [4.69, 9.17) is 0 Å². The maximum Gasteiger partial charge on any atom is 0.323 e. The molecule has 0 saturated carbocycles. The second-order valence-electron chi connectivity index (χ2n) is 5.32. The van der Waals surface area contributed by atoms with Crippen molar-refractivity contribution in [2.45, 2.75) is 11.8 Å². The molecule has 0 spiro atoms. The summed E-state index contributed by atoms with van der Waals surface area (Å²) in [5.74, 6) is -0.562. The van der Waals surface area contributed by atoms with Gasteiger partial charge in [0.25, 0.3) is 0 Å². The molecule has 2 N–H and O–H groups in total. The van der Waals surface area contributed by atoms with E-state index in [2.05, 4.69) is 10.6 Å². The zero-order valence-corrected chi connectivity index (χ0v) is 14.3. The van der Waals surface area contributed by atoms with Crippen molar-refractivity contribution in [1.82, 2.24) is 4.31 Å². The number of nitrogens with one attached hydrogen (secondary N) is 2. The molecular weight excluding hydrogens is 333 g/mol. The highest BCUT2D eigenvalue weighted by Gasteiger charge is 2.18. The number of aryl methyl sites for hydroxylation is 1. The van der Waals surface area contributed by atoms with E-state index in [9.17, 15) is 17.6 Å². The number of amides is 2. The van der Waals surface area contributed by atoms with Crippen LogP contribution < -0.4 is 10.6 Å². The summed E-state index contributed by atoms with van der Waals surface area (Å²) in [7, 11) is -0.768. The Kier molecular flexibility index (Phi) is 5.20. The highest BCUT2D eigenvalue weighted by atomic mass is 32.2. The first-order valence-electron chi connectivity index (χ1n) is 7.07. The van der Waals surface area contributed by atoms with Crippen molar-refractivity contribution in [3.05, 3.63) is 53.8 Å². The fourth-order valence-corrected chi connectivity index (χ4v) is 2.87. The number of sulfonamides is 1. The Morgan fingerprint density at radius 1 is 1.04 bits per heavy atom. The Balaban J connectivity index is 2.23. The molecule has 0 bridgehead atoms. The van der Waals surface area contributed by atoms with Crippen molar-refractivity contribution in [1.29, 1.82) is 0 Å². The van der Waals surface area contributed by atoms with E-state index in [0.717, 1.165) is 4.31 Å². The standard InChI is InChI=1S/C16H18FN3O3S/c1-11-8-9-12(24(22,23)20(2)3)10-15(11)19-16(21)18-14-7-5-4-6-13(14)17/h4-10H,1-3H3,(H2,18,19,21). The van der Waals surface area contributed by atoms with Crippen LogP contribution in [0.15, 0.2) is 47.4 Å². The number of anilines is 2. The average Bonchev–Trinajstić information content (AvgIpc) is 2.51. The quantitative estimate of drug-likeness (QED) is 0.889. The Morgan fingerprint density at radius 3 is 2.29 bits per heavy atom. The van der Waals surface area contributed by atoms with E-state index in [1.807, 2.05) is 0 Å². The van der Waals surface area contributed by atoms with Crippen molar-refractivity contribution < 1.29 is 17.6 Å². The van der Waals surface area contributed by atoms with Crippen LogP contribution in [-0.4, -0.2) is 32.8 Å². The van der Waals surface area contributed by atoms with E-state index in [0.29, 0.717) is 11.3 Å². The van der Waals surface area contributed by atoms with E-state index >= 15 is 0 Å². The summed E-state index contributed by atoms with van der Waals surface area (Å²) in [4.78, 5) is 12.1. The van der Waals surface area contributed by atoms with E-state index in [-0.39, 0.29) is 10.6 Å². The number of halogens is 1. The number of carbonyl (C=O) groups is 1. The number of rotatable bonds is 4. The van der Waals surface area contributed by atoms with Crippen LogP contribution in [0.25, 0.3) is 0 Å². The molecule has 6 nitrogen and oxygen atoms in total. The third-order valence-corrected chi connectivity index (χ3v) is 5.17. The Bertz CT molecular complexity index is 867. The van der Waals surface area contributed by atoms with Gasteiger partial charge in [-0.3, -0.25) is 0 Å². The van der Waals surface area contributed by atoms with Crippen LogP contribution in [0.4, 0.5) is 20.6 Å².